The van der Waals surface area contributed by atoms with Crippen molar-refractivity contribution < 1.29 is 14.3 Å². The summed E-state index contributed by atoms with van der Waals surface area (Å²) in [4.78, 5) is 13.8. The summed E-state index contributed by atoms with van der Waals surface area (Å²) in [6.07, 6.45) is 2.46. The van der Waals surface area contributed by atoms with Gasteiger partial charge in [0.2, 0.25) is 12.7 Å². The van der Waals surface area contributed by atoms with Gasteiger partial charge >= 0.3 is 0 Å². The maximum Gasteiger partial charge on any atom is 0.231 e. The van der Waals surface area contributed by atoms with Crippen LogP contribution < -0.4 is 25.4 Å². The maximum atomic E-state index is 12.1. The molecule has 1 fully saturated rings. The Morgan fingerprint density at radius 3 is 2.75 bits per heavy atom. The number of carbonyl (C=O) groups excluding carboxylic acids is 1. The second-order valence-electron chi connectivity index (χ2n) is 4.71. The molecule has 2 heterocycles. The molecule has 0 unspecified atom stereocenters. The molecule has 0 bridgehead atoms. The molecule has 6 nitrogen and oxygen atoms in total. The molecule has 0 aliphatic carbocycles. The SMILES string of the molecule is NC(=S)Nc1cc2c(cc1N1CCCCC1=O)OCO2. The molecule has 3 N–H and O–H groups in total. The van der Waals surface area contributed by atoms with Crippen molar-refractivity contribution in [2.45, 2.75) is 19.3 Å². The van der Waals surface area contributed by atoms with Crippen LogP contribution in [0.2, 0.25) is 0 Å². The molecule has 1 amide bonds. The number of rotatable bonds is 2. The lowest BCUT2D eigenvalue weighted by atomic mass is 10.1. The third-order valence-corrected chi connectivity index (χ3v) is 3.47. The molecule has 0 radical (unpaired) electrons. The zero-order chi connectivity index (χ0) is 14.1. The lowest BCUT2D eigenvalue weighted by Gasteiger charge is -2.29. The molecule has 1 aromatic carbocycles. The molecule has 106 valence electrons. The molecule has 0 spiro atoms. The summed E-state index contributed by atoms with van der Waals surface area (Å²) in [7, 11) is 0. The normalized spacial score (nSPS) is 17.2. The summed E-state index contributed by atoms with van der Waals surface area (Å²) >= 11 is 4.89. The Hall–Kier alpha value is -2.02. The summed E-state index contributed by atoms with van der Waals surface area (Å²) in [5.74, 6) is 1.35. The molecule has 20 heavy (non-hydrogen) atoms. The number of amides is 1. The molecule has 2 aliphatic heterocycles. The van der Waals surface area contributed by atoms with E-state index in [4.69, 9.17) is 27.4 Å². The third-order valence-electron chi connectivity index (χ3n) is 3.36. The summed E-state index contributed by atoms with van der Waals surface area (Å²) in [5, 5.41) is 3.05. The van der Waals surface area contributed by atoms with Gasteiger partial charge in [0, 0.05) is 25.1 Å². The van der Waals surface area contributed by atoms with Gasteiger partial charge in [-0.3, -0.25) is 4.79 Å². The topological polar surface area (TPSA) is 76.8 Å². The Kier molecular flexibility index (Phi) is 3.35. The zero-order valence-electron chi connectivity index (χ0n) is 10.8. The second kappa shape index (κ2) is 5.16. The molecule has 1 aromatic rings. The molecule has 0 aromatic heterocycles. The van der Waals surface area contributed by atoms with Gasteiger partial charge in [-0.15, -0.1) is 0 Å². The number of carbonyl (C=O) groups is 1. The van der Waals surface area contributed by atoms with E-state index in [-0.39, 0.29) is 17.8 Å². The van der Waals surface area contributed by atoms with Crippen LogP contribution in [0, 0.1) is 0 Å². The van der Waals surface area contributed by atoms with Gasteiger partial charge in [0.25, 0.3) is 0 Å². The largest absolute Gasteiger partial charge is 0.454 e. The van der Waals surface area contributed by atoms with E-state index in [2.05, 4.69) is 5.32 Å². The monoisotopic (exact) mass is 293 g/mol. The number of nitrogens with zero attached hydrogens (tertiary/aromatic N) is 1. The van der Waals surface area contributed by atoms with Crippen molar-refractivity contribution in [2.24, 2.45) is 5.73 Å². The molecule has 0 atom stereocenters. The van der Waals surface area contributed by atoms with Gasteiger partial charge in [0.05, 0.1) is 11.4 Å². The molecule has 0 saturated carbocycles. The van der Waals surface area contributed by atoms with Crippen LogP contribution in [0.5, 0.6) is 11.5 Å². The van der Waals surface area contributed by atoms with Crippen molar-refractivity contribution in [3.8, 4) is 11.5 Å². The average Bonchev–Trinajstić information content (AvgIpc) is 2.85. The fourth-order valence-electron chi connectivity index (χ4n) is 2.45. The third kappa shape index (κ3) is 2.36. The number of anilines is 2. The van der Waals surface area contributed by atoms with E-state index in [0.717, 1.165) is 18.5 Å². The lowest BCUT2D eigenvalue weighted by molar-refractivity contribution is -0.119. The Morgan fingerprint density at radius 2 is 2.05 bits per heavy atom. The number of fused-ring (bicyclic) bond motifs is 1. The quantitative estimate of drug-likeness (QED) is 0.806. The molecule has 3 rings (SSSR count). The highest BCUT2D eigenvalue weighted by Crippen LogP contribution is 2.41. The minimum atomic E-state index is 0.0982. The van der Waals surface area contributed by atoms with E-state index in [1.165, 1.54) is 0 Å². The predicted molar refractivity (Wildman–Crippen MR) is 79.2 cm³/mol. The van der Waals surface area contributed by atoms with Crippen LogP contribution in [-0.2, 0) is 4.79 Å². The fraction of sp³-hybridized carbons (Fsp3) is 0.385. The molecule has 1 saturated heterocycles. The highest BCUT2D eigenvalue weighted by atomic mass is 32.1. The Labute approximate surface area is 121 Å². The first-order chi connectivity index (χ1) is 9.65. The zero-order valence-corrected chi connectivity index (χ0v) is 11.7. The Morgan fingerprint density at radius 1 is 1.30 bits per heavy atom. The number of thiocarbonyl (C=S) groups is 1. The van der Waals surface area contributed by atoms with E-state index < -0.39 is 0 Å². The van der Waals surface area contributed by atoms with Crippen molar-refractivity contribution in [1.82, 2.24) is 0 Å². The number of hydrogen-bond acceptors (Lipinski definition) is 4. The fourth-order valence-corrected chi connectivity index (χ4v) is 2.56. The highest BCUT2D eigenvalue weighted by Gasteiger charge is 2.26. The van der Waals surface area contributed by atoms with Crippen LogP contribution in [0.1, 0.15) is 19.3 Å². The highest BCUT2D eigenvalue weighted by molar-refractivity contribution is 7.80. The van der Waals surface area contributed by atoms with Crippen molar-refractivity contribution in [2.75, 3.05) is 23.6 Å². The number of ether oxygens (including phenoxy) is 2. The number of benzene rings is 1. The molecule has 2 aliphatic rings. The number of nitrogens with two attached hydrogens (primary N) is 1. The second-order valence-corrected chi connectivity index (χ2v) is 5.15. The van der Waals surface area contributed by atoms with Gasteiger partial charge in [-0.1, -0.05) is 0 Å². The summed E-state index contributed by atoms with van der Waals surface area (Å²) in [5.41, 5.74) is 6.94. The predicted octanol–water partition coefficient (Wildman–Crippen LogP) is 1.59. The molecular weight excluding hydrogens is 278 g/mol. The van der Waals surface area contributed by atoms with Crippen molar-refractivity contribution in [3.05, 3.63) is 12.1 Å². The van der Waals surface area contributed by atoms with Crippen LogP contribution in [0.3, 0.4) is 0 Å². The van der Waals surface area contributed by atoms with Gasteiger partial charge in [0.15, 0.2) is 16.6 Å². The van der Waals surface area contributed by atoms with Crippen LogP contribution in [0.4, 0.5) is 11.4 Å². The van der Waals surface area contributed by atoms with E-state index in [0.29, 0.717) is 30.2 Å². The van der Waals surface area contributed by atoms with Crippen LogP contribution in [0.15, 0.2) is 12.1 Å². The van der Waals surface area contributed by atoms with Crippen LogP contribution in [-0.4, -0.2) is 24.4 Å². The van der Waals surface area contributed by atoms with Crippen molar-refractivity contribution in [1.29, 1.82) is 0 Å². The first-order valence-corrected chi connectivity index (χ1v) is 6.86. The van der Waals surface area contributed by atoms with E-state index in [1.54, 1.807) is 17.0 Å². The summed E-state index contributed by atoms with van der Waals surface area (Å²) in [6, 6.07) is 3.56. The minimum Gasteiger partial charge on any atom is -0.454 e. The first-order valence-electron chi connectivity index (χ1n) is 6.45. The standard InChI is InChI=1S/C13H15N3O3S/c14-13(20)15-8-5-10-11(19-7-18-10)6-9(8)16-4-2-1-3-12(16)17/h5-6H,1-4,7H2,(H3,14,15,20). The minimum absolute atomic E-state index is 0.0982. The smallest absolute Gasteiger partial charge is 0.231 e. The molecule has 7 heteroatoms. The van der Waals surface area contributed by atoms with E-state index in [9.17, 15) is 4.79 Å². The number of hydrogen-bond donors (Lipinski definition) is 2. The summed E-state index contributed by atoms with van der Waals surface area (Å²) < 4.78 is 10.7. The Bertz CT molecular complexity index is 576. The van der Waals surface area contributed by atoms with Gasteiger partial charge in [-0.2, -0.15) is 0 Å². The first kappa shape index (κ1) is 13.0. The Balaban J connectivity index is 2.02. The van der Waals surface area contributed by atoms with Gasteiger partial charge in [-0.05, 0) is 25.1 Å². The van der Waals surface area contributed by atoms with E-state index >= 15 is 0 Å². The van der Waals surface area contributed by atoms with Gasteiger partial charge in [-0.25, -0.2) is 0 Å². The molecular formula is C13H15N3O3S. The average molecular weight is 293 g/mol. The number of nitrogens with one attached hydrogen (secondary N) is 1. The van der Waals surface area contributed by atoms with Gasteiger partial charge in [0.1, 0.15) is 0 Å². The van der Waals surface area contributed by atoms with Crippen LogP contribution >= 0.6 is 12.2 Å². The summed E-state index contributed by atoms with van der Waals surface area (Å²) in [6.45, 7) is 0.865. The van der Waals surface area contributed by atoms with Crippen molar-refractivity contribution >= 4 is 34.6 Å². The van der Waals surface area contributed by atoms with E-state index in [1.807, 2.05) is 0 Å². The van der Waals surface area contributed by atoms with Gasteiger partial charge < -0.3 is 25.4 Å². The lowest BCUT2D eigenvalue weighted by Crippen LogP contribution is -2.36. The number of piperidine rings is 1. The van der Waals surface area contributed by atoms with Crippen molar-refractivity contribution in [3.63, 3.8) is 0 Å². The van der Waals surface area contributed by atoms with Crippen LogP contribution in [0.25, 0.3) is 0 Å². The maximum absolute atomic E-state index is 12.1.